The van der Waals surface area contributed by atoms with Gasteiger partial charge in [0.1, 0.15) is 0 Å². The molecule has 1 aromatic carbocycles. The number of pyridine rings is 1. The highest BCUT2D eigenvalue weighted by Crippen LogP contribution is 2.12. The molecule has 0 spiro atoms. The van der Waals surface area contributed by atoms with Crippen LogP contribution in [0.2, 0.25) is 0 Å². The van der Waals surface area contributed by atoms with Crippen LogP contribution in [0.15, 0.2) is 48.7 Å². The zero-order chi connectivity index (χ0) is 26.8. The fraction of sp³-hybridized carbons (Fsp3) is 0.400. The minimum absolute atomic E-state index is 0.0533. The zero-order valence-electron chi connectivity index (χ0n) is 21.2. The largest absolute Gasteiger partial charge is 0.395 e. The normalized spacial score (nSPS) is 10.7. The summed E-state index contributed by atoms with van der Waals surface area (Å²) in [4.78, 5) is 29.7. The Balaban J connectivity index is 1.48. The number of ether oxygens (including phenoxy) is 2. The Bertz CT molecular complexity index is 1090. The lowest BCUT2D eigenvalue weighted by molar-refractivity contribution is 0.0511. The van der Waals surface area contributed by atoms with E-state index in [1.54, 1.807) is 18.3 Å². The summed E-state index contributed by atoms with van der Waals surface area (Å²) in [5.41, 5.74) is 7.68. The standard InChI is InChI=1S/C25H35N9O4/c26-8-13-37-15-16-38-14-11-28-22(36)20-6-4-19(5-7-20)17-30-24-32-23(29-10-12-35)33-25(34-24)31-18-21-3-1-2-9-27-21/h1-7,9,35H,8,10-18,26H2,(H,28,36)(H3,29,30,31,32,33,34). The molecule has 0 saturated heterocycles. The van der Waals surface area contributed by atoms with Crippen LogP contribution in [-0.4, -0.2) is 83.6 Å². The molecule has 0 unspecified atom stereocenters. The summed E-state index contributed by atoms with van der Waals surface area (Å²) in [6.07, 6.45) is 1.72. The van der Waals surface area contributed by atoms with Gasteiger partial charge < -0.3 is 41.6 Å². The van der Waals surface area contributed by atoms with E-state index in [0.717, 1.165) is 11.3 Å². The van der Waals surface area contributed by atoms with Crippen molar-refractivity contribution in [2.24, 2.45) is 5.73 Å². The first kappa shape index (κ1) is 28.7. The number of carbonyl (C=O) groups excluding carboxylic acids is 1. The number of hydrogen-bond donors (Lipinski definition) is 6. The van der Waals surface area contributed by atoms with E-state index in [1.165, 1.54) is 0 Å². The van der Waals surface area contributed by atoms with Crippen LogP contribution in [0.3, 0.4) is 0 Å². The molecule has 0 radical (unpaired) electrons. The van der Waals surface area contributed by atoms with E-state index in [0.29, 0.717) is 82.6 Å². The van der Waals surface area contributed by atoms with Gasteiger partial charge in [-0.05, 0) is 29.8 Å². The Kier molecular flexibility index (Phi) is 12.6. The van der Waals surface area contributed by atoms with Gasteiger partial charge in [-0.3, -0.25) is 9.78 Å². The Hall–Kier alpha value is -3.91. The van der Waals surface area contributed by atoms with Crippen LogP contribution >= 0.6 is 0 Å². The molecule has 13 heteroatoms. The fourth-order valence-corrected chi connectivity index (χ4v) is 3.15. The molecular weight excluding hydrogens is 490 g/mol. The van der Waals surface area contributed by atoms with Gasteiger partial charge in [0, 0.05) is 37.9 Å². The summed E-state index contributed by atoms with van der Waals surface area (Å²) in [5, 5.41) is 21.2. The van der Waals surface area contributed by atoms with Crippen LogP contribution < -0.4 is 27.0 Å². The highest BCUT2D eigenvalue weighted by Gasteiger charge is 2.08. The number of benzene rings is 1. The monoisotopic (exact) mass is 525 g/mol. The number of nitrogens with zero attached hydrogens (tertiary/aromatic N) is 4. The maximum atomic E-state index is 12.4. The molecule has 1 amide bonds. The second-order valence-electron chi connectivity index (χ2n) is 7.95. The SMILES string of the molecule is NCCOCCOCCNC(=O)c1ccc(CNc2nc(NCCO)nc(NCc3ccccn3)n2)cc1. The lowest BCUT2D eigenvalue weighted by Gasteiger charge is -2.11. The second-order valence-corrected chi connectivity index (χ2v) is 7.95. The number of hydrogen-bond acceptors (Lipinski definition) is 12. The number of amides is 1. The molecule has 3 aromatic rings. The minimum Gasteiger partial charge on any atom is -0.395 e. The molecule has 0 aliphatic carbocycles. The van der Waals surface area contributed by atoms with Crippen LogP contribution in [0.1, 0.15) is 21.6 Å². The Morgan fingerprint density at radius 1 is 0.816 bits per heavy atom. The van der Waals surface area contributed by atoms with Crippen LogP contribution in [0, 0.1) is 0 Å². The molecule has 3 rings (SSSR count). The van der Waals surface area contributed by atoms with Gasteiger partial charge in [-0.25, -0.2) is 0 Å². The van der Waals surface area contributed by atoms with Gasteiger partial charge in [0.2, 0.25) is 17.8 Å². The molecule has 7 N–H and O–H groups in total. The lowest BCUT2D eigenvalue weighted by atomic mass is 10.1. The number of aromatic nitrogens is 4. The summed E-state index contributed by atoms with van der Waals surface area (Å²) in [6.45, 7) is 3.88. The quantitative estimate of drug-likeness (QED) is 0.128. The highest BCUT2D eigenvalue weighted by molar-refractivity contribution is 5.94. The maximum Gasteiger partial charge on any atom is 0.251 e. The molecule has 0 fully saturated rings. The molecule has 2 aromatic heterocycles. The first-order valence-electron chi connectivity index (χ1n) is 12.4. The third-order valence-corrected chi connectivity index (χ3v) is 5.02. The topological polar surface area (TPSA) is 181 Å². The minimum atomic E-state index is -0.173. The first-order valence-corrected chi connectivity index (χ1v) is 12.4. The van der Waals surface area contributed by atoms with E-state index >= 15 is 0 Å². The summed E-state index contributed by atoms with van der Waals surface area (Å²) in [5.74, 6) is 0.888. The molecule has 13 nitrogen and oxygen atoms in total. The average molecular weight is 526 g/mol. The number of nitrogens with one attached hydrogen (secondary N) is 4. The molecule has 0 aliphatic heterocycles. The van der Waals surface area contributed by atoms with Crippen LogP contribution in [0.5, 0.6) is 0 Å². The summed E-state index contributed by atoms with van der Waals surface area (Å²) in [6, 6.07) is 12.9. The predicted molar refractivity (Wildman–Crippen MR) is 144 cm³/mol. The third kappa shape index (κ3) is 10.6. The molecule has 2 heterocycles. The van der Waals surface area contributed by atoms with E-state index in [-0.39, 0.29) is 12.5 Å². The van der Waals surface area contributed by atoms with Crippen LogP contribution in [0.25, 0.3) is 0 Å². The van der Waals surface area contributed by atoms with Gasteiger partial charge in [0.15, 0.2) is 0 Å². The van der Waals surface area contributed by atoms with Gasteiger partial charge in [-0.2, -0.15) is 15.0 Å². The predicted octanol–water partition coefficient (Wildman–Crippen LogP) is 0.617. The maximum absolute atomic E-state index is 12.4. The van der Waals surface area contributed by atoms with Gasteiger partial charge in [-0.1, -0.05) is 18.2 Å². The number of rotatable bonds is 18. The molecule has 0 bridgehead atoms. The van der Waals surface area contributed by atoms with Crippen molar-refractivity contribution in [3.63, 3.8) is 0 Å². The molecule has 38 heavy (non-hydrogen) atoms. The summed E-state index contributed by atoms with van der Waals surface area (Å²) < 4.78 is 10.6. The van der Waals surface area contributed by atoms with Gasteiger partial charge in [0.25, 0.3) is 5.91 Å². The smallest absolute Gasteiger partial charge is 0.251 e. The van der Waals surface area contributed by atoms with Crippen molar-refractivity contribution in [3.05, 3.63) is 65.5 Å². The van der Waals surface area contributed by atoms with E-state index in [1.807, 2.05) is 30.3 Å². The third-order valence-electron chi connectivity index (χ3n) is 5.02. The molecule has 0 aliphatic rings. The number of aliphatic hydroxyl groups excluding tert-OH is 1. The van der Waals surface area contributed by atoms with Gasteiger partial charge in [0.05, 0.1) is 45.3 Å². The van der Waals surface area contributed by atoms with E-state index in [9.17, 15) is 4.79 Å². The number of carbonyl (C=O) groups is 1. The van der Waals surface area contributed by atoms with Crippen molar-refractivity contribution in [2.75, 3.05) is 68.6 Å². The zero-order valence-corrected chi connectivity index (χ0v) is 21.2. The fourth-order valence-electron chi connectivity index (χ4n) is 3.15. The van der Waals surface area contributed by atoms with Crippen molar-refractivity contribution in [2.45, 2.75) is 13.1 Å². The Morgan fingerprint density at radius 3 is 2.16 bits per heavy atom. The Morgan fingerprint density at radius 2 is 1.50 bits per heavy atom. The second kappa shape index (κ2) is 16.8. The van der Waals surface area contributed by atoms with Crippen molar-refractivity contribution < 1.29 is 19.4 Å². The van der Waals surface area contributed by atoms with Crippen LogP contribution in [-0.2, 0) is 22.6 Å². The Labute approximate surface area is 221 Å². The molecule has 0 atom stereocenters. The first-order chi connectivity index (χ1) is 18.7. The van der Waals surface area contributed by atoms with Crippen molar-refractivity contribution in [1.29, 1.82) is 0 Å². The molecule has 204 valence electrons. The van der Waals surface area contributed by atoms with Crippen LogP contribution in [0.4, 0.5) is 17.8 Å². The highest BCUT2D eigenvalue weighted by atomic mass is 16.5. The van der Waals surface area contributed by atoms with E-state index < -0.39 is 0 Å². The molecular formula is C25H35N9O4. The lowest BCUT2D eigenvalue weighted by Crippen LogP contribution is -2.27. The molecule has 0 saturated carbocycles. The van der Waals surface area contributed by atoms with Gasteiger partial charge in [-0.15, -0.1) is 0 Å². The number of nitrogens with two attached hydrogens (primary N) is 1. The van der Waals surface area contributed by atoms with Crippen molar-refractivity contribution >= 4 is 23.8 Å². The van der Waals surface area contributed by atoms with E-state index in [4.69, 9.17) is 20.3 Å². The summed E-state index contributed by atoms with van der Waals surface area (Å²) in [7, 11) is 0. The number of anilines is 3. The van der Waals surface area contributed by atoms with E-state index in [2.05, 4.69) is 41.2 Å². The van der Waals surface area contributed by atoms with Gasteiger partial charge >= 0.3 is 0 Å². The van der Waals surface area contributed by atoms with Crippen molar-refractivity contribution in [3.8, 4) is 0 Å². The number of aliphatic hydroxyl groups is 1. The summed E-state index contributed by atoms with van der Waals surface area (Å²) >= 11 is 0. The van der Waals surface area contributed by atoms with Crippen molar-refractivity contribution in [1.82, 2.24) is 25.3 Å². The average Bonchev–Trinajstić information content (AvgIpc) is 2.96.